The minimum Gasteiger partial charge on any atom is -0.466 e. The highest BCUT2D eigenvalue weighted by Crippen LogP contribution is 2.14. The van der Waals surface area contributed by atoms with Crippen LogP contribution in [0.1, 0.15) is 6.92 Å². The van der Waals surface area contributed by atoms with Gasteiger partial charge in [0.2, 0.25) is 0 Å². The number of hydrogen-bond donors (Lipinski definition) is 0. The van der Waals surface area contributed by atoms with Crippen LogP contribution in [0.3, 0.4) is 0 Å². The second kappa shape index (κ2) is 8.37. The molecule has 0 radical (unpaired) electrons. The Morgan fingerprint density at radius 1 is 1.35 bits per heavy atom. The van der Waals surface area contributed by atoms with E-state index in [1.807, 2.05) is 0 Å². The van der Waals surface area contributed by atoms with Gasteiger partial charge in [-0.2, -0.15) is 13.2 Å². The predicted molar refractivity (Wildman–Crippen MR) is 54.0 cm³/mol. The fourth-order valence-electron chi connectivity index (χ4n) is 0.386. The van der Waals surface area contributed by atoms with E-state index in [0.29, 0.717) is 11.6 Å². The fraction of sp³-hybridized carbons (Fsp3) is 0.400. The summed E-state index contributed by atoms with van der Waals surface area (Å²) in [7, 11) is 1.33. The number of ether oxygens (including phenoxy) is 2. The molecule has 0 fully saturated rings. The monoisotopic (exact) mass is 254 g/mol. The number of hydrogen-bond acceptors (Lipinski definition) is 4. The van der Waals surface area contributed by atoms with Crippen LogP contribution >= 0.6 is 0 Å². The summed E-state index contributed by atoms with van der Waals surface area (Å²) in [5.74, 6) is -1.42. The zero-order valence-corrected chi connectivity index (χ0v) is 9.47. The highest BCUT2D eigenvalue weighted by Gasteiger charge is 2.28. The average molecular weight is 254 g/mol. The third-order valence-electron chi connectivity index (χ3n) is 1.08. The molecule has 0 aromatic carbocycles. The van der Waals surface area contributed by atoms with Crippen LogP contribution in [0.25, 0.3) is 0 Å². The van der Waals surface area contributed by atoms with Crippen molar-refractivity contribution in [3.63, 3.8) is 0 Å². The van der Waals surface area contributed by atoms with Gasteiger partial charge in [0, 0.05) is 11.6 Å². The van der Waals surface area contributed by atoms with Crippen LogP contribution in [0.2, 0.25) is 0 Å². The van der Waals surface area contributed by atoms with Gasteiger partial charge in [0.15, 0.2) is 6.61 Å². The Balaban J connectivity index is 0. The van der Waals surface area contributed by atoms with Gasteiger partial charge in [0.1, 0.15) is 0 Å². The minimum atomic E-state index is -4.46. The molecule has 4 nitrogen and oxygen atoms in total. The van der Waals surface area contributed by atoms with Gasteiger partial charge in [-0.05, 0) is 6.92 Å². The maximum Gasteiger partial charge on any atom is 0.422 e. The van der Waals surface area contributed by atoms with E-state index in [4.69, 9.17) is 0 Å². The molecule has 7 heteroatoms. The van der Waals surface area contributed by atoms with Crippen LogP contribution in [0.4, 0.5) is 13.2 Å². The van der Waals surface area contributed by atoms with E-state index in [2.05, 4.69) is 22.6 Å². The molecule has 0 rings (SSSR count). The second-order valence-corrected chi connectivity index (χ2v) is 2.70. The smallest absolute Gasteiger partial charge is 0.422 e. The third kappa shape index (κ3) is 14.2. The van der Waals surface area contributed by atoms with Gasteiger partial charge < -0.3 is 9.47 Å². The Hall–Kier alpha value is -1.79. The van der Waals surface area contributed by atoms with Crippen molar-refractivity contribution in [1.82, 2.24) is 0 Å². The first-order valence-corrected chi connectivity index (χ1v) is 4.23. The molecule has 0 aliphatic heterocycles. The number of halogens is 3. The molecule has 0 aliphatic carbocycles. The summed E-state index contributed by atoms with van der Waals surface area (Å²) >= 11 is 0. The normalized spacial score (nSPS) is 9.47. The summed E-state index contributed by atoms with van der Waals surface area (Å²) in [6.07, 6.45) is -3.79. The number of carbonyl (C=O) groups excluding carboxylic acids is 2. The molecule has 0 aliphatic rings. The van der Waals surface area contributed by atoms with Gasteiger partial charge in [-0.3, -0.25) is 0 Å². The summed E-state index contributed by atoms with van der Waals surface area (Å²) in [4.78, 5) is 20.2. The third-order valence-corrected chi connectivity index (χ3v) is 1.08. The van der Waals surface area contributed by atoms with Crippen LogP contribution < -0.4 is 0 Å². The largest absolute Gasteiger partial charge is 0.466 e. The van der Waals surface area contributed by atoms with Gasteiger partial charge >= 0.3 is 18.1 Å². The first-order valence-electron chi connectivity index (χ1n) is 4.23. The SMILES string of the molecule is C=C(C)C(=O)OC.C=CC(=O)OCC(F)(F)F. The number of carbonyl (C=O) groups is 2. The van der Waals surface area contributed by atoms with Crippen LogP contribution in [-0.2, 0) is 19.1 Å². The van der Waals surface area contributed by atoms with Gasteiger partial charge in [0.05, 0.1) is 7.11 Å². The molecule has 0 aromatic heterocycles. The number of alkyl halides is 3. The molecule has 0 atom stereocenters. The van der Waals surface area contributed by atoms with Crippen molar-refractivity contribution in [1.29, 1.82) is 0 Å². The molecule has 0 bridgehead atoms. The fourth-order valence-corrected chi connectivity index (χ4v) is 0.386. The van der Waals surface area contributed by atoms with Crippen molar-refractivity contribution in [3.8, 4) is 0 Å². The Kier molecular flexibility index (Phi) is 8.67. The molecule has 0 aromatic rings. The molecule has 0 N–H and O–H groups in total. The lowest BCUT2D eigenvalue weighted by molar-refractivity contribution is -0.182. The van der Waals surface area contributed by atoms with E-state index >= 15 is 0 Å². The summed E-state index contributed by atoms with van der Waals surface area (Å²) in [6, 6.07) is 0. The van der Waals surface area contributed by atoms with Crippen molar-refractivity contribution in [3.05, 3.63) is 24.8 Å². The van der Waals surface area contributed by atoms with Crippen molar-refractivity contribution in [2.75, 3.05) is 13.7 Å². The van der Waals surface area contributed by atoms with Crippen LogP contribution in [0.15, 0.2) is 24.8 Å². The summed E-state index contributed by atoms with van der Waals surface area (Å²) in [6.45, 7) is 6.32. The Morgan fingerprint density at radius 3 is 2.00 bits per heavy atom. The lowest BCUT2D eigenvalue weighted by atomic mass is 10.4. The first-order chi connectivity index (χ1) is 7.64. The standard InChI is InChI=1S/C5H5F3O2.C5H8O2/c1-2-4(9)10-3-5(6,7)8;1-4(2)5(6)7-3/h2H,1,3H2;1H2,2-3H3. The van der Waals surface area contributed by atoms with Crippen LogP contribution in [0.5, 0.6) is 0 Å². The Labute approximate surface area is 96.7 Å². The number of rotatable bonds is 3. The molecule has 0 heterocycles. The summed E-state index contributed by atoms with van der Waals surface area (Å²) in [5.41, 5.74) is 0.433. The molecule has 0 unspecified atom stereocenters. The van der Waals surface area contributed by atoms with Crippen molar-refractivity contribution < 1.29 is 32.2 Å². The lowest BCUT2D eigenvalue weighted by Gasteiger charge is -2.04. The van der Waals surface area contributed by atoms with E-state index in [1.54, 1.807) is 6.92 Å². The predicted octanol–water partition coefficient (Wildman–Crippen LogP) is 2.01. The van der Waals surface area contributed by atoms with E-state index in [1.165, 1.54) is 7.11 Å². The molecule has 17 heavy (non-hydrogen) atoms. The van der Waals surface area contributed by atoms with Crippen LogP contribution in [0, 0.1) is 0 Å². The zero-order valence-electron chi connectivity index (χ0n) is 9.47. The number of methoxy groups -OCH3 is 1. The van der Waals surface area contributed by atoms with Gasteiger partial charge in [0.25, 0.3) is 0 Å². The van der Waals surface area contributed by atoms with Gasteiger partial charge in [-0.15, -0.1) is 0 Å². The minimum absolute atomic E-state index is 0.347. The quantitative estimate of drug-likeness (QED) is 0.571. The topological polar surface area (TPSA) is 52.6 Å². The maximum absolute atomic E-state index is 11.2. The lowest BCUT2D eigenvalue weighted by Crippen LogP contribution is -2.19. The highest BCUT2D eigenvalue weighted by molar-refractivity contribution is 5.86. The van der Waals surface area contributed by atoms with Gasteiger partial charge in [-0.25, -0.2) is 9.59 Å². The molecule has 0 saturated carbocycles. The zero-order chi connectivity index (χ0) is 14.1. The van der Waals surface area contributed by atoms with Crippen molar-refractivity contribution in [2.24, 2.45) is 0 Å². The molecule has 98 valence electrons. The Morgan fingerprint density at radius 2 is 1.82 bits per heavy atom. The van der Waals surface area contributed by atoms with E-state index < -0.39 is 18.8 Å². The van der Waals surface area contributed by atoms with Gasteiger partial charge in [-0.1, -0.05) is 13.2 Å². The molecular formula is C10H13F3O4. The summed E-state index contributed by atoms with van der Waals surface area (Å²) < 4.78 is 41.7. The molecule has 0 amide bonds. The average Bonchev–Trinajstić information content (AvgIpc) is 2.24. The number of esters is 2. The molecule has 0 spiro atoms. The summed E-state index contributed by atoms with van der Waals surface area (Å²) in [5, 5.41) is 0. The van der Waals surface area contributed by atoms with Crippen molar-refractivity contribution >= 4 is 11.9 Å². The van der Waals surface area contributed by atoms with E-state index in [0.717, 1.165) is 0 Å². The maximum atomic E-state index is 11.2. The van der Waals surface area contributed by atoms with Crippen molar-refractivity contribution in [2.45, 2.75) is 13.1 Å². The second-order valence-electron chi connectivity index (χ2n) is 2.70. The van der Waals surface area contributed by atoms with Crippen LogP contribution in [-0.4, -0.2) is 31.8 Å². The molecule has 0 saturated heterocycles. The highest BCUT2D eigenvalue weighted by atomic mass is 19.4. The van der Waals surface area contributed by atoms with E-state index in [-0.39, 0.29) is 5.97 Å². The molecular weight excluding hydrogens is 241 g/mol. The van der Waals surface area contributed by atoms with E-state index in [9.17, 15) is 22.8 Å². The first kappa shape index (κ1) is 17.6. The Bertz CT molecular complexity index is 294.